The fourth-order valence-electron chi connectivity index (χ4n) is 1.36. The van der Waals surface area contributed by atoms with Crippen molar-refractivity contribution in [2.45, 2.75) is 13.8 Å². The lowest BCUT2D eigenvalue weighted by molar-refractivity contribution is -0.137. The first kappa shape index (κ1) is 13.7. The van der Waals surface area contributed by atoms with Gasteiger partial charge in [-0.2, -0.15) is 0 Å². The predicted octanol–water partition coefficient (Wildman–Crippen LogP) is 2.52. The average Bonchev–Trinajstić information content (AvgIpc) is 2.26. The fourth-order valence-corrected chi connectivity index (χ4v) is 1.63. The standard InChI is InChI=1S/C12H14BrNO3/c1-8(2)12(17)14(7-11(15)16)10-5-3-9(13)4-6-10/h3-6,8H,7H2,1-2H3,(H,15,16). The second-order valence-corrected chi connectivity index (χ2v) is 4.86. The van der Waals surface area contributed by atoms with Crippen molar-refractivity contribution >= 4 is 33.5 Å². The van der Waals surface area contributed by atoms with Crippen LogP contribution in [0.3, 0.4) is 0 Å². The molecule has 1 amide bonds. The zero-order valence-electron chi connectivity index (χ0n) is 9.68. The first-order valence-electron chi connectivity index (χ1n) is 5.20. The molecule has 0 radical (unpaired) electrons. The molecular weight excluding hydrogens is 286 g/mol. The van der Waals surface area contributed by atoms with Crippen LogP contribution in [-0.2, 0) is 9.59 Å². The van der Waals surface area contributed by atoms with Gasteiger partial charge >= 0.3 is 5.97 Å². The number of hydrogen-bond donors (Lipinski definition) is 1. The summed E-state index contributed by atoms with van der Waals surface area (Å²) < 4.78 is 0.883. The molecule has 0 aromatic heterocycles. The summed E-state index contributed by atoms with van der Waals surface area (Å²) in [6, 6.07) is 6.98. The molecule has 0 bridgehead atoms. The average molecular weight is 300 g/mol. The molecule has 5 heteroatoms. The number of rotatable bonds is 4. The van der Waals surface area contributed by atoms with Gasteiger partial charge in [0, 0.05) is 16.1 Å². The zero-order valence-corrected chi connectivity index (χ0v) is 11.3. The molecule has 0 heterocycles. The normalized spacial score (nSPS) is 10.4. The maximum atomic E-state index is 11.9. The van der Waals surface area contributed by atoms with Crippen LogP contribution >= 0.6 is 15.9 Å². The number of hydrogen-bond acceptors (Lipinski definition) is 2. The van der Waals surface area contributed by atoms with E-state index in [4.69, 9.17) is 5.11 Å². The Balaban J connectivity index is 3.01. The van der Waals surface area contributed by atoms with E-state index in [0.717, 1.165) is 4.47 Å². The summed E-state index contributed by atoms with van der Waals surface area (Å²) in [7, 11) is 0. The van der Waals surface area contributed by atoms with E-state index in [1.165, 1.54) is 4.90 Å². The van der Waals surface area contributed by atoms with Gasteiger partial charge in [-0.3, -0.25) is 9.59 Å². The van der Waals surface area contributed by atoms with Crippen molar-refractivity contribution in [3.63, 3.8) is 0 Å². The van der Waals surface area contributed by atoms with Gasteiger partial charge in [-0.1, -0.05) is 29.8 Å². The van der Waals surface area contributed by atoms with Crippen LogP contribution < -0.4 is 4.90 Å². The third kappa shape index (κ3) is 3.85. The van der Waals surface area contributed by atoms with Crippen LogP contribution in [0.4, 0.5) is 5.69 Å². The van der Waals surface area contributed by atoms with Gasteiger partial charge in [-0.25, -0.2) is 0 Å². The highest BCUT2D eigenvalue weighted by atomic mass is 79.9. The number of nitrogens with zero attached hydrogens (tertiary/aromatic N) is 1. The molecule has 92 valence electrons. The summed E-state index contributed by atoms with van der Waals surface area (Å²) in [6.45, 7) is 3.17. The molecule has 0 saturated heterocycles. The lowest BCUT2D eigenvalue weighted by Crippen LogP contribution is -2.38. The molecule has 0 fully saturated rings. The van der Waals surface area contributed by atoms with E-state index in [2.05, 4.69) is 15.9 Å². The van der Waals surface area contributed by atoms with Gasteiger partial charge < -0.3 is 10.0 Å². The quantitative estimate of drug-likeness (QED) is 0.929. The van der Waals surface area contributed by atoms with Crippen molar-refractivity contribution in [2.75, 3.05) is 11.4 Å². The topological polar surface area (TPSA) is 57.6 Å². The summed E-state index contributed by atoms with van der Waals surface area (Å²) >= 11 is 3.29. The number of benzene rings is 1. The molecule has 1 rings (SSSR count). The Bertz CT molecular complexity index is 414. The van der Waals surface area contributed by atoms with Crippen LogP contribution in [0.25, 0.3) is 0 Å². The van der Waals surface area contributed by atoms with Gasteiger partial charge in [0.25, 0.3) is 0 Å². The Morgan fingerprint density at radius 1 is 1.29 bits per heavy atom. The van der Waals surface area contributed by atoms with E-state index in [-0.39, 0.29) is 18.4 Å². The predicted molar refractivity (Wildman–Crippen MR) is 69.0 cm³/mol. The molecule has 0 aliphatic heterocycles. The molecule has 1 aromatic rings. The number of amides is 1. The first-order chi connectivity index (χ1) is 7.91. The van der Waals surface area contributed by atoms with Gasteiger partial charge in [-0.15, -0.1) is 0 Å². The molecule has 0 saturated carbocycles. The Morgan fingerprint density at radius 3 is 2.24 bits per heavy atom. The summed E-state index contributed by atoms with van der Waals surface area (Å²) in [4.78, 5) is 24.0. The Kier molecular flexibility index (Phi) is 4.69. The lowest BCUT2D eigenvalue weighted by atomic mass is 10.1. The second-order valence-electron chi connectivity index (χ2n) is 3.95. The minimum absolute atomic E-state index is 0.199. The fraction of sp³-hybridized carbons (Fsp3) is 0.333. The molecule has 0 aliphatic carbocycles. The maximum absolute atomic E-state index is 11.9. The van der Waals surface area contributed by atoms with Crippen molar-refractivity contribution in [2.24, 2.45) is 5.92 Å². The summed E-state index contributed by atoms with van der Waals surface area (Å²) in [5.41, 5.74) is 0.592. The molecular formula is C12H14BrNO3. The van der Waals surface area contributed by atoms with Gasteiger partial charge in [0.15, 0.2) is 0 Å². The molecule has 1 N–H and O–H groups in total. The van der Waals surface area contributed by atoms with Crippen LogP contribution in [0.2, 0.25) is 0 Å². The summed E-state index contributed by atoms with van der Waals surface area (Å²) in [5.74, 6) is -1.46. The largest absolute Gasteiger partial charge is 0.480 e. The highest BCUT2D eigenvalue weighted by Gasteiger charge is 2.21. The van der Waals surface area contributed by atoms with Crippen LogP contribution in [0.5, 0.6) is 0 Å². The first-order valence-corrected chi connectivity index (χ1v) is 6.00. The number of carbonyl (C=O) groups is 2. The number of halogens is 1. The Hall–Kier alpha value is -1.36. The van der Waals surface area contributed by atoms with Gasteiger partial charge in [-0.05, 0) is 24.3 Å². The Morgan fingerprint density at radius 2 is 1.82 bits per heavy atom. The molecule has 0 aliphatic rings. The van der Waals surface area contributed by atoms with Crippen LogP contribution in [0.1, 0.15) is 13.8 Å². The van der Waals surface area contributed by atoms with Gasteiger partial charge in [0.1, 0.15) is 6.54 Å². The zero-order chi connectivity index (χ0) is 13.0. The highest BCUT2D eigenvalue weighted by molar-refractivity contribution is 9.10. The second kappa shape index (κ2) is 5.82. The van der Waals surface area contributed by atoms with Crippen molar-refractivity contribution in [3.05, 3.63) is 28.7 Å². The van der Waals surface area contributed by atoms with Gasteiger partial charge in [0.2, 0.25) is 5.91 Å². The van der Waals surface area contributed by atoms with Crippen molar-refractivity contribution in [1.82, 2.24) is 0 Å². The maximum Gasteiger partial charge on any atom is 0.323 e. The molecule has 0 atom stereocenters. The van der Waals surface area contributed by atoms with E-state index >= 15 is 0 Å². The third-order valence-corrected chi connectivity index (χ3v) is 2.72. The van der Waals surface area contributed by atoms with Crippen LogP contribution in [-0.4, -0.2) is 23.5 Å². The minimum Gasteiger partial charge on any atom is -0.480 e. The van der Waals surface area contributed by atoms with E-state index in [1.807, 2.05) is 0 Å². The Labute approximate surface area is 108 Å². The van der Waals surface area contributed by atoms with Crippen molar-refractivity contribution < 1.29 is 14.7 Å². The van der Waals surface area contributed by atoms with Crippen LogP contribution in [0.15, 0.2) is 28.7 Å². The lowest BCUT2D eigenvalue weighted by Gasteiger charge is -2.22. The van der Waals surface area contributed by atoms with Crippen LogP contribution in [0, 0.1) is 5.92 Å². The summed E-state index contributed by atoms with van der Waals surface area (Å²) in [6.07, 6.45) is 0. The number of carboxylic acids is 1. The number of carbonyl (C=O) groups excluding carboxylic acids is 1. The molecule has 0 unspecified atom stereocenters. The van der Waals surface area contributed by atoms with Crippen molar-refractivity contribution in [1.29, 1.82) is 0 Å². The number of carboxylic acid groups (broad SMARTS) is 1. The molecule has 17 heavy (non-hydrogen) atoms. The highest BCUT2D eigenvalue weighted by Crippen LogP contribution is 2.20. The SMILES string of the molecule is CC(C)C(=O)N(CC(=O)O)c1ccc(Br)cc1. The van der Waals surface area contributed by atoms with E-state index in [9.17, 15) is 9.59 Å². The van der Waals surface area contributed by atoms with Gasteiger partial charge in [0.05, 0.1) is 0 Å². The minimum atomic E-state index is -1.03. The van der Waals surface area contributed by atoms with E-state index in [0.29, 0.717) is 5.69 Å². The number of aliphatic carboxylic acids is 1. The number of anilines is 1. The van der Waals surface area contributed by atoms with Crippen molar-refractivity contribution in [3.8, 4) is 0 Å². The van der Waals surface area contributed by atoms with E-state index < -0.39 is 5.97 Å². The smallest absolute Gasteiger partial charge is 0.323 e. The third-order valence-electron chi connectivity index (χ3n) is 2.19. The molecule has 0 spiro atoms. The summed E-state index contributed by atoms with van der Waals surface area (Å²) in [5, 5.41) is 8.83. The van der Waals surface area contributed by atoms with E-state index in [1.54, 1.807) is 38.1 Å². The molecule has 4 nitrogen and oxygen atoms in total. The monoisotopic (exact) mass is 299 g/mol. The molecule has 1 aromatic carbocycles.